The number of unbranched alkanes of at least 4 members (excludes halogenated alkanes) is 1. The predicted molar refractivity (Wildman–Crippen MR) is 113 cm³/mol. The average Bonchev–Trinajstić information content (AvgIpc) is 2.67. The molecule has 0 aliphatic rings. The molecule has 0 aliphatic heterocycles. The minimum absolute atomic E-state index is 0.0343. The van der Waals surface area contributed by atoms with Crippen molar-refractivity contribution in [2.24, 2.45) is 0 Å². The van der Waals surface area contributed by atoms with Crippen molar-refractivity contribution < 1.29 is 14.0 Å². The van der Waals surface area contributed by atoms with Crippen LogP contribution in [0.25, 0.3) is 0 Å². The Morgan fingerprint density at radius 1 is 0.963 bits per heavy atom. The fourth-order valence-electron chi connectivity index (χ4n) is 3.33. The minimum atomic E-state index is -2.48. The van der Waals surface area contributed by atoms with E-state index in [9.17, 15) is 4.79 Å². The standard InChI is InChI=1S/C23H28O3Si/c1-23(2,3)27(20-14-8-5-9-15-20,21-16-10-6-11-17-21)26-19-13-7-12-18-22(24)25-4/h5-6,8-11,14-17H,7,13,19H2,1-4H3. The Labute approximate surface area is 163 Å². The van der Waals surface area contributed by atoms with Crippen molar-refractivity contribution >= 4 is 24.7 Å². The van der Waals surface area contributed by atoms with Gasteiger partial charge in [0.05, 0.1) is 7.11 Å². The molecule has 3 nitrogen and oxygen atoms in total. The Morgan fingerprint density at radius 2 is 1.48 bits per heavy atom. The first-order valence-electron chi connectivity index (χ1n) is 9.23. The van der Waals surface area contributed by atoms with E-state index in [0.717, 1.165) is 6.42 Å². The van der Waals surface area contributed by atoms with Gasteiger partial charge in [-0.05, 0) is 21.8 Å². The van der Waals surface area contributed by atoms with Crippen LogP contribution in [0.15, 0.2) is 60.7 Å². The fourth-order valence-corrected chi connectivity index (χ4v) is 7.94. The van der Waals surface area contributed by atoms with Gasteiger partial charge in [0.25, 0.3) is 8.32 Å². The van der Waals surface area contributed by atoms with Gasteiger partial charge in [0, 0.05) is 18.9 Å². The number of hydrogen-bond donors (Lipinski definition) is 0. The minimum Gasteiger partial charge on any atom is -0.459 e. The zero-order valence-corrected chi connectivity index (χ0v) is 17.6. The normalized spacial score (nSPS) is 11.4. The molecule has 2 aromatic rings. The summed E-state index contributed by atoms with van der Waals surface area (Å²) in [5, 5.41) is 2.50. The summed E-state index contributed by atoms with van der Waals surface area (Å²) in [6, 6.07) is 21.1. The number of carbonyl (C=O) groups is 1. The lowest BCUT2D eigenvalue weighted by atomic mass is 10.2. The number of benzene rings is 2. The van der Waals surface area contributed by atoms with E-state index >= 15 is 0 Å². The Bertz CT molecular complexity index is 744. The van der Waals surface area contributed by atoms with E-state index in [2.05, 4.69) is 85.9 Å². The second kappa shape index (κ2) is 9.54. The van der Waals surface area contributed by atoms with Crippen molar-refractivity contribution in [1.29, 1.82) is 0 Å². The number of carbonyl (C=O) groups excluding carboxylic acids is 1. The molecule has 0 aromatic heterocycles. The summed E-state index contributed by atoms with van der Waals surface area (Å²) < 4.78 is 11.3. The van der Waals surface area contributed by atoms with Crippen molar-refractivity contribution in [3.63, 3.8) is 0 Å². The summed E-state index contributed by atoms with van der Waals surface area (Å²) >= 11 is 0. The molecule has 0 unspecified atom stereocenters. The van der Waals surface area contributed by atoms with E-state index in [1.807, 2.05) is 12.1 Å². The number of rotatable bonds is 6. The van der Waals surface area contributed by atoms with Gasteiger partial charge in [0.15, 0.2) is 0 Å². The highest BCUT2D eigenvalue weighted by Crippen LogP contribution is 2.36. The topological polar surface area (TPSA) is 35.5 Å². The summed E-state index contributed by atoms with van der Waals surface area (Å²) in [5.74, 6) is 4.82. The van der Waals surface area contributed by atoms with Gasteiger partial charge in [-0.1, -0.05) is 87.4 Å². The van der Waals surface area contributed by atoms with Gasteiger partial charge in [0.1, 0.15) is 0 Å². The highest BCUT2D eigenvalue weighted by molar-refractivity contribution is 6.99. The molecule has 0 heterocycles. The van der Waals surface area contributed by atoms with Crippen LogP contribution in [0, 0.1) is 11.8 Å². The van der Waals surface area contributed by atoms with Crippen molar-refractivity contribution in [1.82, 2.24) is 0 Å². The fraction of sp³-hybridized carbons (Fsp3) is 0.348. The maximum atomic E-state index is 11.1. The van der Waals surface area contributed by atoms with Crippen molar-refractivity contribution in [2.75, 3.05) is 13.7 Å². The van der Waals surface area contributed by atoms with Crippen molar-refractivity contribution in [3.8, 4) is 11.8 Å². The van der Waals surface area contributed by atoms with Crippen molar-refractivity contribution in [2.45, 2.75) is 38.7 Å². The molecule has 0 aliphatic carbocycles. The van der Waals surface area contributed by atoms with Crippen molar-refractivity contribution in [3.05, 3.63) is 60.7 Å². The third-order valence-corrected chi connectivity index (χ3v) is 9.60. The van der Waals surface area contributed by atoms with Gasteiger partial charge in [-0.15, -0.1) is 0 Å². The van der Waals surface area contributed by atoms with E-state index in [1.165, 1.54) is 17.5 Å². The summed E-state index contributed by atoms with van der Waals surface area (Å²) in [5.41, 5.74) is 0. The molecule has 4 heteroatoms. The van der Waals surface area contributed by atoms with Gasteiger partial charge in [-0.25, -0.2) is 4.79 Å². The van der Waals surface area contributed by atoms with Crippen LogP contribution >= 0.6 is 0 Å². The molecule has 0 amide bonds. The molecule has 0 N–H and O–H groups in total. The molecular formula is C23H28O3Si. The van der Waals surface area contributed by atoms with Crippen LogP contribution < -0.4 is 10.4 Å². The number of ether oxygens (including phenoxy) is 1. The summed E-state index contributed by atoms with van der Waals surface area (Å²) in [7, 11) is -1.14. The number of esters is 1. The summed E-state index contributed by atoms with van der Waals surface area (Å²) in [6.07, 6.45) is 1.38. The van der Waals surface area contributed by atoms with E-state index in [4.69, 9.17) is 4.43 Å². The molecule has 27 heavy (non-hydrogen) atoms. The van der Waals surface area contributed by atoms with E-state index in [1.54, 1.807) is 0 Å². The van der Waals surface area contributed by atoms with E-state index in [0.29, 0.717) is 13.0 Å². The maximum absolute atomic E-state index is 11.1. The van der Waals surface area contributed by atoms with Crippen LogP contribution in [-0.4, -0.2) is 28.0 Å². The monoisotopic (exact) mass is 380 g/mol. The molecule has 0 bridgehead atoms. The Balaban J connectivity index is 2.30. The zero-order chi connectivity index (χ0) is 19.8. The lowest BCUT2D eigenvalue weighted by Gasteiger charge is -2.43. The second-order valence-corrected chi connectivity index (χ2v) is 11.7. The lowest BCUT2D eigenvalue weighted by Crippen LogP contribution is -2.66. The van der Waals surface area contributed by atoms with Crippen LogP contribution in [0.3, 0.4) is 0 Å². The molecule has 0 atom stereocenters. The first-order valence-corrected chi connectivity index (χ1v) is 11.1. The lowest BCUT2D eigenvalue weighted by molar-refractivity contribution is -0.133. The maximum Gasteiger partial charge on any atom is 0.384 e. The van der Waals surface area contributed by atoms with Gasteiger partial charge in [-0.2, -0.15) is 0 Å². The van der Waals surface area contributed by atoms with Gasteiger partial charge >= 0.3 is 5.97 Å². The molecule has 0 saturated heterocycles. The summed E-state index contributed by atoms with van der Waals surface area (Å²) in [6.45, 7) is 7.38. The Hall–Kier alpha value is -2.35. The third kappa shape index (κ3) is 5.09. The van der Waals surface area contributed by atoms with Crippen LogP contribution in [0.5, 0.6) is 0 Å². The number of hydrogen-bond acceptors (Lipinski definition) is 3. The largest absolute Gasteiger partial charge is 0.459 e. The first-order chi connectivity index (χ1) is 12.9. The Morgan fingerprint density at radius 3 is 1.93 bits per heavy atom. The predicted octanol–water partition coefficient (Wildman–Crippen LogP) is 3.52. The molecule has 0 spiro atoms. The molecule has 0 radical (unpaired) electrons. The van der Waals surface area contributed by atoms with Crippen LogP contribution in [-0.2, 0) is 14.0 Å². The van der Waals surface area contributed by atoms with Crippen LogP contribution in [0.2, 0.25) is 5.04 Å². The van der Waals surface area contributed by atoms with Gasteiger partial charge < -0.3 is 9.16 Å². The molecule has 2 rings (SSSR count). The van der Waals surface area contributed by atoms with E-state index in [-0.39, 0.29) is 5.04 Å². The molecule has 2 aromatic carbocycles. The quantitative estimate of drug-likeness (QED) is 0.253. The average molecular weight is 381 g/mol. The van der Waals surface area contributed by atoms with E-state index < -0.39 is 14.3 Å². The van der Waals surface area contributed by atoms with Gasteiger partial charge in [-0.3, -0.25) is 0 Å². The zero-order valence-electron chi connectivity index (χ0n) is 16.6. The smallest absolute Gasteiger partial charge is 0.384 e. The second-order valence-electron chi connectivity index (χ2n) is 7.41. The number of methoxy groups -OCH3 is 1. The molecule has 0 fully saturated rings. The highest BCUT2D eigenvalue weighted by Gasteiger charge is 2.49. The Kier molecular flexibility index (Phi) is 7.41. The highest BCUT2D eigenvalue weighted by atomic mass is 28.4. The SMILES string of the molecule is COC(=O)C#CCCCO[Si](c1ccccc1)(c1ccccc1)C(C)(C)C. The third-order valence-electron chi connectivity index (χ3n) is 4.56. The summed E-state index contributed by atoms with van der Waals surface area (Å²) in [4.78, 5) is 11.1. The first kappa shape index (κ1) is 21.0. The molecule has 142 valence electrons. The molecule has 0 saturated carbocycles. The molecular weight excluding hydrogens is 352 g/mol. The van der Waals surface area contributed by atoms with Gasteiger partial charge in [0.2, 0.25) is 0 Å². The van der Waals surface area contributed by atoms with Crippen LogP contribution in [0.4, 0.5) is 0 Å². The van der Waals surface area contributed by atoms with Crippen LogP contribution in [0.1, 0.15) is 33.6 Å².